The molecule has 0 unspecified atom stereocenters. The summed E-state index contributed by atoms with van der Waals surface area (Å²) in [6.07, 6.45) is 0. The van der Waals surface area contributed by atoms with E-state index in [1.165, 1.54) is 0 Å². The molecule has 7 heteroatoms. The number of nitrogens with one attached hydrogen (secondary N) is 3. The molecular formula is C32H31N3O3S. The molecule has 0 aliphatic carbocycles. The number of benzene rings is 4. The van der Waals surface area contributed by atoms with Gasteiger partial charge in [-0.05, 0) is 52.4 Å². The number of carbonyl (C=O) groups excluding carboxylic acids is 1. The van der Waals surface area contributed by atoms with E-state index in [4.69, 9.17) is 0 Å². The molecule has 3 N–H and O–H groups in total. The van der Waals surface area contributed by atoms with Crippen molar-refractivity contribution in [3.63, 3.8) is 0 Å². The van der Waals surface area contributed by atoms with Gasteiger partial charge in [-0.15, -0.1) is 0 Å². The van der Waals surface area contributed by atoms with Crippen molar-refractivity contribution in [1.82, 2.24) is 10.3 Å². The van der Waals surface area contributed by atoms with Crippen LogP contribution in [-0.4, -0.2) is 19.3 Å². The van der Waals surface area contributed by atoms with Crippen LogP contribution in [0, 0.1) is 0 Å². The molecule has 39 heavy (non-hydrogen) atoms. The maximum Gasteiger partial charge on any atom is 0.268 e. The first-order valence-corrected chi connectivity index (χ1v) is 14.3. The highest BCUT2D eigenvalue weighted by atomic mass is 32.2. The monoisotopic (exact) mass is 537 g/mol. The molecule has 0 spiro atoms. The van der Waals surface area contributed by atoms with E-state index < -0.39 is 10.0 Å². The van der Waals surface area contributed by atoms with Gasteiger partial charge in [0.05, 0.1) is 4.90 Å². The van der Waals surface area contributed by atoms with Crippen molar-refractivity contribution in [3.8, 4) is 11.1 Å². The number of rotatable bonds is 7. The minimum Gasteiger partial charge on any atom is -0.350 e. The Morgan fingerprint density at radius 1 is 0.821 bits per heavy atom. The average Bonchev–Trinajstić information content (AvgIpc) is 3.31. The molecule has 5 rings (SSSR count). The van der Waals surface area contributed by atoms with Crippen LogP contribution in [0.4, 0.5) is 5.69 Å². The molecule has 0 bridgehead atoms. The number of carbonyl (C=O) groups is 1. The zero-order valence-electron chi connectivity index (χ0n) is 22.2. The quantitative estimate of drug-likeness (QED) is 0.212. The maximum atomic E-state index is 13.3. The first kappa shape index (κ1) is 26.3. The SMILES string of the molecule is CC(C)(C)c1ccc(S(=O)(=O)Nc2ccc3[nH]c(C(=O)NCc4ccccc4)c(-c4ccccc4)c3c2)cc1. The molecule has 0 atom stereocenters. The molecule has 0 saturated carbocycles. The van der Waals surface area contributed by atoms with Crippen LogP contribution in [0.1, 0.15) is 42.4 Å². The Hall–Kier alpha value is -4.36. The van der Waals surface area contributed by atoms with Gasteiger partial charge in [0, 0.05) is 28.7 Å². The Morgan fingerprint density at radius 3 is 2.10 bits per heavy atom. The summed E-state index contributed by atoms with van der Waals surface area (Å²) in [5.41, 5.74) is 5.11. The Bertz CT molecular complexity index is 1720. The highest BCUT2D eigenvalue weighted by molar-refractivity contribution is 7.92. The van der Waals surface area contributed by atoms with Crippen molar-refractivity contribution in [1.29, 1.82) is 0 Å². The first-order chi connectivity index (χ1) is 18.6. The number of aromatic nitrogens is 1. The van der Waals surface area contributed by atoms with Crippen LogP contribution in [0.2, 0.25) is 0 Å². The lowest BCUT2D eigenvalue weighted by atomic mass is 9.87. The molecule has 0 radical (unpaired) electrons. The zero-order valence-corrected chi connectivity index (χ0v) is 23.0. The fourth-order valence-electron chi connectivity index (χ4n) is 4.55. The Labute approximate surface area is 229 Å². The minimum atomic E-state index is -3.81. The largest absolute Gasteiger partial charge is 0.350 e. The van der Waals surface area contributed by atoms with Gasteiger partial charge in [-0.25, -0.2) is 8.42 Å². The third kappa shape index (κ3) is 5.73. The Morgan fingerprint density at radius 2 is 1.46 bits per heavy atom. The fraction of sp³-hybridized carbons (Fsp3) is 0.156. The van der Waals surface area contributed by atoms with E-state index in [1.807, 2.05) is 72.8 Å². The highest BCUT2D eigenvalue weighted by Gasteiger charge is 2.21. The van der Waals surface area contributed by atoms with Crippen molar-refractivity contribution < 1.29 is 13.2 Å². The normalized spacial score (nSPS) is 11.9. The molecule has 0 aliphatic rings. The van der Waals surface area contributed by atoms with E-state index in [1.54, 1.807) is 30.3 Å². The van der Waals surface area contributed by atoms with Crippen LogP contribution in [0.15, 0.2) is 108 Å². The van der Waals surface area contributed by atoms with E-state index in [2.05, 4.69) is 35.8 Å². The summed E-state index contributed by atoms with van der Waals surface area (Å²) in [7, 11) is -3.81. The zero-order chi connectivity index (χ0) is 27.6. The van der Waals surface area contributed by atoms with Crippen LogP contribution in [0.25, 0.3) is 22.0 Å². The van der Waals surface area contributed by atoms with Gasteiger partial charge in [-0.2, -0.15) is 0 Å². The molecule has 5 aromatic rings. The topological polar surface area (TPSA) is 91.1 Å². The second-order valence-electron chi connectivity index (χ2n) is 10.5. The van der Waals surface area contributed by atoms with Crippen molar-refractivity contribution in [3.05, 3.63) is 120 Å². The smallest absolute Gasteiger partial charge is 0.268 e. The van der Waals surface area contributed by atoms with Gasteiger partial charge in [-0.3, -0.25) is 9.52 Å². The predicted octanol–water partition coefficient (Wildman–Crippen LogP) is 6.86. The van der Waals surface area contributed by atoms with Crippen molar-refractivity contribution in [2.75, 3.05) is 4.72 Å². The first-order valence-electron chi connectivity index (χ1n) is 12.8. The number of hydrogen-bond acceptors (Lipinski definition) is 3. The van der Waals surface area contributed by atoms with Gasteiger partial charge in [0.2, 0.25) is 0 Å². The third-order valence-corrected chi connectivity index (χ3v) is 8.06. The molecule has 4 aromatic carbocycles. The van der Waals surface area contributed by atoms with E-state index >= 15 is 0 Å². The van der Waals surface area contributed by atoms with E-state index in [9.17, 15) is 13.2 Å². The van der Waals surface area contributed by atoms with E-state index in [0.717, 1.165) is 27.6 Å². The lowest BCUT2D eigenvalue weighted by molar-refractivity contribution is 0.0947. The molecule has 0 aliphatic heterocycles. The molecule has 1 heterocycles. The Balaban J connectivity index is 1.49. The molecular weight excluding hydrogens is 506 g/mol. The van der Waals surface area contributed by atoms with E-state index in [0.29, 0.717) is 23.5 Å². The van der Waals surface area contributed by atoms with Crippen molar-refractivity contribution >= 4 is 32.5 Å². The van der Waals surface area contributed by atoms with Crippen molar-refractivity contribution in [2.24, 2.45) is 0 Å². The summed E-state index contributed by atoms with van der Waals surface area (Å²) < 4.78 is 29.1. The van der Waals surface area contributed by atoms with Gasteiger partial charge < -0.3 is 10.3 Å². The molecule has 0 fully saturated rings. The molecule has 198 valence electrons. The number of aromatic amines is 1. The van der Waals surface area contributed by atoms with Gasteiger partial charge in [-0.1, -0.05) is 93.6 Å². The van der Waals surface area contributed by atoms with Crippen LogP contribution in [0.3, 0.4) is 0 Å². The van der Waals surface area contributed by atoms with E-state index in [-0.39, 0.29) is 16.2 Å². The van der Waals surface area contributed by atoms with Crippen LogP contribution in [-0.2, 0) is 22.0 Å². The lowest BCUT2D eigenvalue weighted by Gasteiger charge is -2.19. The predicted molar refractivity (Wildman–Crippen MR) is 157 cm³/mol. The van der Waals surface area contributed by atoms with Crippen LogP contribution < -0.4 is 10.0 Å². The number of fused-ring (bicyclic) bond motifs is 1. The molecule has 0 saturated heterocycles. The third-order valence-electron chi connectivity index (χ3n) is 6.67. The Kier molecular flexibility index (Phi) is 7.02. The lowest BCUT2D eigenvalue weighted by Crippen LogP contribution is -2.23. The summed E-state index contributed by atoms with van der Waals surface area (Å²) in [4.78, 5) is 16.8. The summed E-state index contributed by atoms with van der Waals surface area (Å²) in [6, 6.07) is 31.5. The van der Waals surface area contributed by atoms with Gasteiger partial charge in [0.25, 0.3) is 15.9 Å². The number of H-pyrrole nitrogens is 1. The number of sulfonamides is 1. The van der Waals surface area contributed by atoms with Crippen LogP contribution in [0.5, 0.6) is 0 Å². The standard InChI is InChI=1S/C32H31N3O3S/c1-32(2,3)24-14-17-26(18-15-24)39(37,38)35-25-16-19-28-27(20-25)29(23-12-8-5-9-13-23)30(34-28)31(36)33-21-22-10-6-4-7-11-22/h4-20,34-35H,21H2,1-3H3,(H,33,36). The van der Waals surface area contributed by atoms with Gasteiger partial charge >= 0.3 is 0 Å². The second-order valence-corrected chi connectivity index (χ2v) is 12.2. The van der Waals surface area contributed by atoms with Gasteiger partial charge in [0.15, 0.2) is 0 Å². The summed E-state index contributed by atoms with van der Waals surface area (Å²) in [5.74, 6) is -0.241. The van der Waals surface area contributed by atoms with Gasteiger partial charge in [0.1, 0.15) is 5.69 Å². The number of amides is 1. The highest BCUT2D eigenvalue weighted by Crippen LogP contribution is 2.35. The summed E-state index contributed by atoms with van der Waals surface area (Å²) in [6.45, 7) is 6.65. The molecule has 1 aromatic heterocycles. The second kappa shape index (κ2) is 10.4. The summed E-state index contributed by atoms with van der Waals surface area (Å²) in [5, 5.41) is 3.74. The molecule has 1 amide bonds. The number of hydrogen-bond donors (Lipinski definition) is 3. The maximum absolute atomic E-state index is 13.3. The number of anilines is 1. The minimum absolute atomic E-state index is 0.0754. The van der Waals surface area contributed by atoms with Crippen molar-refractivity contribution in [2.45, 2.75) is 37.6 Å². The average molecular weight is 538 g/mol. The fourth-order valence-corrected chi connectivity index (χ4v) is 5.59. The molecule has 6 nitrogen and oxygen atoms in total. The summed E-state index contributed by atoms with van der Waals surface area (Å²) >= 11 is 0. The van der Waals surface area contributed by atoms with Crippen LogP contribution >= 0.6 is 0 Å².